The molecule has 5 nitrogen and oxygen atoms in total. The Morgan fingerprint density at radius 2 is 1.80 bits per heavy atom. The molecule has 0 radical (unpaired) electrons. The molecule has 0 atom stereocenters. The third kappa shape index (κ3) is 4.03. The SMILES string of the molecule is CCCCc1cc2cc(C(=O)O)ccn2c1C(=O)c1ccc(C2CCNCC2)cc1. The van der Waals surface area contributed by atoms with Crippen LogP contribution < -0.4 is 5.32 Å². The average Bonchev–Trinajstić information content (AvgIpc) is 3.15. The van der Waals surface area contributed by atoms with Gasteiger partial charge in [-0.2, -0.15) is 0 Å². The molecular weight excluding hydrogens is 376 g/mol. The van der Waals surface area contributed by atoms with Gasteiger partial charge in [-0.15, -0.1) is 0 Å². The summed E-state index contributed by atoms with van der Waals surface area (Å²) in [6.45, 7) is 4.21. The van der Waals surface area contributed by atoms with E-state index in [1.54, 1.807) is 18.3 Å². The van der Waals surface area contributed by atoms with Crippen LogP contribution in [0.3, 0.4) is 0 Å². The van der Waals surface area contributed by atoms with Crippen molar-refractivity contribution in [3.63, 3.8) is 0 Å². The number of hydrogen-bond acceptors (Lipinski definition) is 3. The Hall–Kier alpha value is -2.92. The Morgan fingerprint density at radius 1 is 1.07 bits per heavy atom. The first-order valence-corrected chi connectivity index (χ1v) is 10.8. The smallest absolute Gasteiger partial charge is 0.335 e. The molecule has 30 heavy (non-hydrogen) atoms. The number of aromatic nitrogens is 1. The number of nitrogens with zero attached hydrogens (tertiary/aromatic N) is 1. The van der Waals surface area contributed by atoms with Crippen LogP contribution in [0.1, 0.15) is 76.1 Å². The second-order valence-corrected chi connectivity index (χ2v) is 8.11. The fourth-order valence-electron chi connectivity index (χ4n) is 4.38. The Kier molecular flexibility index (Phi) is 6.00. The molecule has 1 fully saturated rings. The molecule has 3 aromatic rings. The Labute approximate surface area is 176 Å². The molecule has 0 spiro atoms. The molecule has 5 heteroatoms. The molecule has 0 saturated carbocycles. The maximum absolute atomic E-state index is 13.5. The number of piperidine rings is 1. The van der Waals surface area contributed by atoms with Crippen molar-refractivity contribution >= 4 is 17.3 Å². The van der Waals surface area contributed by atoms with Gasteiger partial charge in [0.2, 0.25) is 5.78 Å². The van der Waals surface area contributed by atoms with Crippen LogP contribution in [0.2, 0.25) is 0 Å². The van der Waals surface area contributed by atoms with E-state index in [2.05, 4.69) is 24.4 Å². The lowest BCUT2D eigenvalue weighted by molar-refractivity contribution is 0.0696. The zero-order valence-corrected chi connectivity index (χ0v) is 17.4. The quantitative estimate of drug-likeness (QED) is 0.561. The summed E-state index contributed by atoms with van der Waals surface area (Å²) in [6, 6.07) is 13.2. The third-order valence-electron chi connectivity index (χ3n) is 6.10. The lowest BCUT2D eigenvalue weighted by Crippen LogP contribution is -2.26. The van der Waals surface area contributed by atoms with E-state index in [4.69, 9.17) is 0 Å². The number of pyridine rings is 1. The first-order valence-electron chi connectivity index (χ1n) is 10.8. The number of aryl methyl sites for hydroxylation is 1. The fraction of sp³-hybridized carbons (Fsp3) is 0.360. The standard InChI is InChI=1S/C25H28N2O3/c1-2-3-4-20-15-22-16-21(25(29)30)11-14-27(22)23(20)24(28)19-7-5-17(6-8-19)18-9-12-26-13-10-18/h5-8,11,14-16,18,26H,2-4,9-10,12-13H2,1H3,(H,29,30). The highest BCUT2D eigenvalue weighted by molar-refractivity contribution is 6.09. The van der Waals surface area contributed by atoms with E-state index in [9.17, 15) is 14.7 Å². The van der Waals surface area contributed by atoms with Crippen molar-refractivity contribution < 1.29 is 14.7 Å². The number of rotatable bonds is 7. The van der Waals surface area contributed by atoms with Gasteiger partial charge in [-0.3, -0.25) is 4.79 Å². The molecule has 4 rings (SSSR count). The molecule has 0 bridgehead atoms. The van der Waals surface area contributed by atoms with Crippen LogP contribution in [-0.4, -0.2) is 34.3 Å². The van der Waals surface area contributed by atoms with E-state index in [1.165, 1.54) is 5.56 Å². The predicted octanol–water partition coefficient (Wildman–Crippen LogP) is 4.68. The summed E-state index contributed by atoms with van der Waals surface area (Å²) in [7, 11) is 0. The molecule has 2 N–H and O–H groups in total. The lowest BCUT2D eigenvalue weighted by Gasteiger charge is -2.23. The van der Waals surface area contributed by atoms with Crippen molar-refractivity contribution in [1.82, 2.24) is 9.72 Å². The third-order valence-corrected chi connectivity index (χ3v) is 6.10. The minimum Gasteiger partial charge on any atom is -0.478 e. The number of fused-ring (bicyclic) bond motifs is 1. The van der Waals surface area contributed by atoms with Crippen molar-refractivity contribution in [1.29, 1.82) is 0 Å². The first kappa shape index (κ1) is 20.4. The monoisotopic (exact) mass is 404 g/mol. The molecule has 1 aliphatic rings. The van der Waals surface area contributed by atoms with Gasteiger partial charge in [0.1, 0.15) is 0 Å². The zero-order valence-electron chi connectivity index (χ0n) is 17.4. The second kappa shape index (κ2) is 8.84. The topological polar surface area (TPSA) is 70.8 Å². The molecule has 0 amide bonds. The highest BCUT2D eigenvalue weighted by Gasteiger charge is 2.21. The Balaban J connectivity index is 1.69. The number of carbonyl (C=O) groups is 2. The van der Waals surface area contributed by atoms with Gasteiger partial charge in [-0.05, 0) is 74.0 Å². The van der Waals surface area contributed by atoms with Crippen LogP contribution >= 0.6 is 0 Å². The fourth-order valence-corrected chi connectivity index (χ4v) is 4.38. The van der Waals surface area contributed by atoms with E-state index in [0.29, 0.717) is 17.2 Å². The molecule has 1 saturated heterocycles. The highest BCUT2D eigenvalue weighted by atomic mass is 16.4. The number of unbranched alkanes of at least 4 members (excludes halogenated alkanes) is 1. The molecule has 1 aliphatic heterocycles. The maximum Gasteiger partial charge on any atom is 0.335 e. The molecular formula is C25H28N2O3. The number of hydrogen-bond donors (Lipinski definition) is 2. The zero-order chi connectivity index (χ0) is 21.1. The van der Waals surface area contributed by atoms with Gasteiger partial charge in [0, 0.05) is 17.3 Å². The van der Waals surface area contributed by atoms with Gasteiger partial charge in [-0.1, -0.05) is 37.6 Å². The maximum atomic E-state index is 13.5. The van der Waals surface area contributed by atoms with Gasteiger partial charge in [0.05, 0.1) is 11.3 Å². The van der Waals surface area contributed by atoms with Crippen LogP contribution in [0, 0.1) is 0 Å². The Morgan fingerprint density at radius 3 is 2.47 bits per heavy atom. The van der Waals surface area contributed by atoms with Crippen LogP contribution in [0.4, 0.5) is 0 Å². The summed E-state index contributed by atoms with van der Waals surface area (Å²) < 4.78 is 1.83. The molecule has 156 valence electrons. The van der Waals surface area contributed by atoms with Crippen LogP contribution in [0.15, 0.2) is 48.7 Å². The normalized spacial score (nSPS) is 14.8. The summed E-state index contributed by atoms with van der Waals surface area (Å²) in [5.74, 6) is -0.421. The van der Waals surface area contributed by atoms with E-state index in [-0.39, 0.29) is 11.3 Å². The molecule has 0 aliphatic carbocycles. The van der Waals surface area contributed by atoms with Gasteiger partial charge in [-0.25, -0.2) is 4.79 Å². The van der Waals surface area contributed by atoms with E-state index in [0.717, 1.165) is 56.3 Å². The summed E-state index contributed by atoms with van der Waals surface area (Å²) in [5.41, 5.74) is 4.57. The number of aromatic carboxylic acids is 1. The first-order chi connectivity index (χ1) is 14.6. The van der Waals surface area contributed by atoms with Crippen LogP contribution in [0.5, 0.6) is 0 Å². The number of carboxylic acid groups (broad SMARTS) is 1. The average molecular weight is 405 g/mol. The molecule has 3 heterocycles. The Bertz CT molecular complexity index is 1060. The summed E-state index contributed by atoms with van der Waals surface area (Å²) in [4.78, 5) is 24.8. The summed E-state index contributed by atoms with van der Waals surface area (Å²) in [5, 5.41) is 12.7. The summed E-state index contributed by atoms with van der Waals surface area (Å²) in [6.07, 6.45) is 6.77. The van der Waals surface area contributed by atoms with Gasteiger partial charge in [0.15, 0.2) is 0 Å². The molecule has 0 unspecified atom stereocenters. The minimum absolute atomic E-state index is 0.0129. The summed E-state index contributed by atoms with van der Waals surface area (Å²) >= 11 is 0. The number of ketones is 1. The molecule has 2 aromatic heterocycles. The predicted molar refractivity (Wildman–Crippen MR) is 118 cm³/mol. The van der Waals surface area contributed by atoms with Gasteiger partial charge in [0.25, 0.3) is 0 Å². The number of carboxylic acids is 1. The van der Waals surface area contributed by atoms with Crippen molar-refractivity contribution in [2.24, 2.45) is 0 Å². The van der Waals surface area contributed by atoms with Gasteiger partial charge >= 0.3 is 5.97 Å². The van der Waals surface area contributed by atoms with Crippen molar-refractivity contribution in [2.75, 3.05) is 13.1 Å². The van der Waals surface area contributed by atoms with E-state index >= 15 is 0 Å². The molecule has 1 aromatic carbocycles. The van der Waals surface area contributed by atoms with E-state index < -0.39 is 5.97 Å². The number of nitrogens with one attached hydrogen (secondary N) is 1. The number of carbonyl (C=O) groups excluding carboxylic acids is 1. The van der Waals surface area contributed by atoms with Crippen molar-refractivity contribution in [3.05, 3.63) is 76.6 Å². The van der Waals surface area contributed by atoms with Crippen molar-refractivity contribution in [2.45, 2.75) is 44.9 Å². The van der Waals surface area contributed by atoms with Gasteiger partial charge < -0.3 is 14.8 Å². The van der Waals surface area contributed by atoms with Crippen LogP contribution in [-0.2, 0) is 6.42 Å². The van der Waals surface area contributed by atoms with Crippen molar-refractivity contribution in [3.8, 4) is 0 Å². The largest absolute Gasteiger partial charge is 0.478 e. The second-order valence-electron chi connectivity index (χ2n) is 8.11. The lowest BCUT2D eigenvalue weighted by atomic mass is 9.89. The van der Waals surface area contributed by atoms with Crippen LogP contribution in [0.25, 0.3) is 5.52 Å². The van der Waals surface area contributed by atoms with E-state index in [1.807, 2.05) is 22.6 Å². The number of benzene rings is 1. The minimum atomic E-state index is -0.963. The highest BCUT2D eigenvalue weighted by Crippen LogP contribution is 2.27.